The van der Waals surface area contributed by atoms with Crippen LogP contribution in [-0.4, -0.2) is 30.7 Å². The molecule has 9 heteroatoms. The minimum Gasteiger partial charge on any atom is -0.326 e. The summed E-state index contributed by atoms with van der Waals surface area (Å²) in [5, 5.41) is 4.68. The fourth-order valence-electron chi connectivity index (χ4n) is 2.75. The molecule has 1 aliphatic heterocycles. The van der Waals surface area contributed by atoms with Gasteiger partial charge in [0.05, 0.1) is 21.1 Å². The number of benzene rings is 2. The molecule has 2 aromatic rings. The van der Waals surface area contributed by atoms with Crippen LogP contribution in [0.4, 0.5) is 11.4 Å². The van der Waals surface area contributed by atoms with Gasteiger partial charge >= 0.3 is 0 Å². The normalized spacial score (nSPS) is 17.4. The fraction of sp³-hybridized carbons (Fsp3) is 0.263. The second-order valence-electron chi connectivity index (χ2n) is 6.53. The van der Waals surface area contributed by atoms with Crippen molar-refractivity contribution in [1.82, 2.24) is 0 Å². The number of hydrogen-bond donors (Lipinski definition) is 2. The first-order valence-corrected chi connectivity index (χ1v) is 11.4. The van der Waals surface area contributed by atoms with Gasteiger partial charge < -0.3 is 10.6 Å². The molecule has 0 fully saturated rings. The summed E-state index contributed by atoms with van der Waals surface area (Å²) in [6.45, 7) is 3.27. The van der Waals surface area contributed by atoms with Crippen molar-refractivity contribution < 1.29 is 18.0 Å². The van der Waals surface area contributed by atoms with E-state index in [4.69, 9.17) is 11.6 Å². The average molecular weight is 439 g/mol. The maximum absolute atomic E-state index is 12.9. The SMILES string of the molecule is CC1Sc2ccc(S(=O)(=O)C(C)CC(=O)Nc3cccc(Cl)c3)cc2NC1=O. The number of halogens is 1. The number of nitrogens with one attached hydrogen (secondary N) is 2. The average Bonchev–Trinajstić information content (AvgIpc) is 2.62. The lowest BCUT2D eigenvalue weighted by molar-refractivity contribution is -0.116. The van der Waals surface area contributed by atoms with Crippen LogP contribution in [0.2, 0.25) is 5.02 Å². The second-order valence-corrected chi connectivity index (χ2v) is 10.7. The van der Waals surface area contributed by atoms with E-state index in [1.165, 1.54) is 30.8 Å². The van der Waals surface area contributed by atoms with E-state index >= 15 is 0 Å². The number of anilines is 2. The molecule has 2 aromatic carbocycles. The van der Waals surface area contributed by atoms with Crippen LogP contribution in [-0.2, 0) is 19.4 Å². The molecule has 2 N–H and O–H groups in total. The molecule has 28 heavy (non-hydrogen) atoms. The summed E-state index contributed by atoms with van der Waals surface area (Å²) in [6.07, 6.45) is -0.204. The van der Waals surface area contributed by atoms with Crippen molar-refractivity contribution in [3.05, 3.63) is 47.5 Å². The summed E-state index contributed by atoms with van der Waals surface area (Å²) < 4.78 is 25.8. The Balaban J connectivity index is 1.74. The predicted molar refractivity (Wildman–Crippen MR) is 112 cm³/mol. The van der Waals surface area contributed by atoms with Crippen molar-refractivity contribution >= 4 is 56.4 Å². The maximum Gasteiger partial charge on any atom is 0.237 e. The third-order valence-electron chi connectivity index (χ3n) is 4.32. The van der Waals surface area contributed by atoms with Crippen molar-refractivity contribution in [3.8, 4) is 0 Å². The Morgan fingerprint density at radius 2 is 2.04 bits per heavy atom. The Hall–Kier alpha value is -2.03. The van der Waals surface area contributed by atoms with E-state index in [2.05, 4.69) is 10.6 Å². The largest absolute Gasteiger partial charge is 0.326 e. The summed E-state index contributed by atoms with van der Waals surface area (Å²) in [7, 11) is -3.75. The number of carbonyl (C=O) groups is 2. The number of hydrogen-bond acceptors (Lipinski definition) is 5. The molecule has 0 spiro atoms. The molecule has 2 amide bonds. The van der Waals surface area contributed by atoms with Crippen molar-refractivity contribution in [1.29, 1.82) is 0 Å². The summed E-state index contributed by atoms with van der Waals surface area (Å²) in [4.78, 5) is 25.0. The Bertz CT molecular complexity index is 1040. The zero-order valence-corrected chi connectivity index (χ0v) is 17.6. The second kappa shape index (κ2) is 8.14. The van der Waals surface area contributed by atoms with Gasteiger partial charge in [0, 0.05) is 22.0 Å². The van der Waals surface area contributed by atoms with Gasteiger partial charge in [-0.2, -0.15) is 0 Å². The molecular weight excluding hydrogens is 420 g/mol. The standard InChI is InChI=1S/C19H19ClN2O4S2/c1-11(8-18(23)21-14-5-3-4-13(20)9-14)28(25,26)15-6-7-17-16(10-15)22-19(24)12(2)27-17/h3-7,9-12H,8H2,1-2H3,(H,21,23)(H,22,24). The highest BCUT2D eigenvalue weighted by molar-refractivity contribution is 8.01. The van der Waals surface area contributed by atoms with Crippen molar-refractivity contribution in [2.24, 2.45) is 0 Å². The quantitative estimate of drug-likeness (QED) is 0.737. The maximum atomic E-state index is 12.9. The molecule has 0 saturated heterocycles. The van der Waals surface area contributed by atoms with Crippen molar-refractivity contribution in [2.75, 3.05) is 10.6 Å². The van der Waals surface area contributed by atoms with Crippen LogP contribution in [0.15, 0.2) is 52.3 Å². The minimum absolute atomic E-state index is 0.0739. The van der Waals surface area contributed by atoms with E-state index in [0.717, 1.165) is 4.90 Å². The molecule has 0 aliphatic carbocycles. The number of fused-ring (bicyclic) bond motifs is 1. The predicted octanol–water partition coefficient (Wildman–Crippen LogP) is 3.96. The van der Waals surface area contributed by atoms with Gasteiger partial charge in [-0.05, 0) is 50.2 Å². The molecule has 0 bridgehead atoms. The first-order chi connectivity index (χ1) is 13.2. The monoisotopic (exact) mass is 438 g/mol. The van der Waals surface area contributed by atoms with Crippen LogP contribution < -0.4 is 10.6 Å². The fourth-order valence-corrected chi connectivity index (χ4v) is 5.24. The number of thioether (sulfide) groups is 1. The minimum atomic E-state index is -3.75. The Kier molecular flexibility index (Phi) is 6.02. The number of rotatable bonds is 5. The molecule has 6 nitrogen and oxygen atoms in total. The number of carbonyl (C=O) groups excluding carboxylic acids is 2. The molecule has 0 aromatic heterocycles. The van der Waals surface area contributed by atoms with Crippen LogP contribution in [0.1, 0.15) is 20.3 Å². The van der Waals surface area contributed by atoms with E-state index < -0.39 is 21.0 Å². The highest BCUT2D eigenvalue weighted by Gasteiger charge is 2.29. The van der Waals surface area contributed by atoms with E-state index in [-0.39, 0.29) is 22.5 Å². The third kappa shape index (κ3) is 4.51. The smallest absolute Gasteiger partial charge is 0.237 e. The molecule has 0 radical (unpaired) electrons. The molecule has 1 aliphatic rings. The highest BCUT2D eigenvalue weighted by atomic mass is 35.5. The highest BCUT2D eigenvalue weighted by Crippen LogP contribution is 2.37. The van der Waals surface area contributed by atoms with Crippen LogP contribution in [0, 0.1) is 0 Å². The first-order valence-electron chi connectivity index (χ1n) is 8.57. The lowest BCUT2D eigenvalue weighted by Crippen LogP contribution is -2.27. The van der Waals surface area contributed by atoms with Gasteiger partial charge in [-0.3, -0.25) is 9.59 Å². The first kappa shape index (κ1) is 20.7. The summed E-state index contributed by atoms with van der Waals surface area (Å²) in [5.74, 6) is -0.588. The van der Waals surface area contributed by atoms with Crippen LogP contribution in [0.5, 0.6) is 0 Å². The van der Waals surface area contributed by atoms with Crippen LogP contribution >= 0.6 is 23.4 Å². The van der Waals surface area contributed by atoms with Crippen LogP contribution in [0.25, 0.3) is 0 Å². The zero-order chi connectivity index (χ0) is 20.5. The van der Waals surface area contributed by atoms with E-state index in [9.17, 15) is 18.0 Å². The van der Waals surface area contributed by atoms with E-state index in [1.807, 2.05) is 0 Å². The van der Waals surface area contributed by atoms with Gasteiger partial charge in [0.1, 0.15) is 0 Å². The van der Waals surface area contributed by atoms with Gasteiger partial charge in [-0.15, -0.1) is 11.8 Å². The van der Waals surface area contributed by atoms with Crippen molar-refractivity contribution in [3.63, 3.8) is 0 Å². The third-order valence-corrected chi connectivity index (χ3v) is 7.87. The lowest BCUT2D eigenvalue weighted by Gasteiger charge is -2.22. The summed E-state index contributed by atoms with van der Waals surface area (Å²) in [6, 6.07) is 11.3. The summed E-state index contributed by atoms with van der Waals surface area (Å²) >= 11 is 7.26. The number of amides is 2. The topological polar surface area (TPSA) is 92.3 Å². The van der Waals surface area contributed by atoms with Crippen LogP contribution in [0.3, 0.4) is 0 Å². The Morgan fingerprint density at radius 1 is 1.29 bits per heavy atom. The molecule has 2 atom stereocenters. The van der Waals surface area contributed by atoms with Crippen molar-refractivity contribution in [2.45, 2.75) is 40.6 Å². The molecule has 3 rings (SSSR count). The zero-order valence-electron chi connectivity index (χ0n) is 15.2. The van der Waals surface area contributed by atoms with E-state index in [1.54, 1.807) is 37.3 Å². The summed E-state index contributed by atoms with van der Waals surface area (Å²) in [5.41, 5.74) is 0.981. The van der Waals surface area contributed by atoms with Gasteiger partial charge in [0.15, 0.2) is 9.84 Å². The van der Waals surface area contributed by atoms with Gasteiger partial charge in [0.25, 0.3) is 0 Å². The molecule has 0 saturated carbocycles. The van der Waals surface area contributed by atoms with Gasteiger partial charge in [-0.25, -0.2) is 8.42 Å². The Morgan fingerprint density at radius 3 is 2.75 bits per heavy atom. The molecule has 2 unspecified atom stereocenters. The van der Waals surface area contributed by atoms with E-state index in [0.29, 0.717) is 16.4 Å². The number of sulfone groups is 1. The Labute approximate surface area is 173 Å². The molecular formula is C19H19ClN2O4S2. The van der Waals surface area contributed by atoms with Gasteiger partial charge in [-0.1, -0.05) is 17.7 Å². The van der Waals surface area contributed by atoms with Gasteiger partial charge in [0.2, 0.25) is 11.8 Å². The molecule has 1 heterocycles. The molecule has 148 valence electrons. The lowest BCUT2D eigenvalue weighted by atomic mass is 10.3.